The molecule has 0 radical (unpaired) electrons. The first-order valence-corrected chi connectivity index (χ1v) is 12.8. The molecule has 0 spiro atoms. The van der Waals surface area contributed by atoms with Crippen molar-refractivity contribution in [2.75, 3.05) is 26.7 Å². The van der Waals surface area contributed by atoms with Gasteiger partial charge in [0.1, 0.15) is 0 Å². The number of hydrogen-bond acceptors (Lipinski definition) is 5. The maximum atomic E-state index is 13.1. The van der Waals surface area contributed by atoms with Crippen molar-refractivity contribution in [3.05, 3.63) is 76.6 Å². The molecule has 9 nitrogen and oxygen atoms in total. The van der Waals surface area contributed by atoms with Crippen LogP contribution in [0.15, 0.2) is 53.4 Å². The first-order chi connectivity index (χ1) is 16.6. The predicted octanol–water partition coefficient (Wildman–Crippen LogP) is 2.19. The Morgan fingerprint density at radius 3 is 2.43 bits per heavy atom. The van der Waals surface area contributed by atoms with Crippen LogP contribution in [0.1, 0.15) is 32.9 Å². The fraction of sp³-hybridized carbons (Fsp3) is 0.320. The zero-order valence-corrected chi connectivity index (χ0v) is 21.1. The molecule has 1 N–H and O–H groups in total. The van der Waals surface area contributed by atoms with E-state index in [1.807, 2.05) is 49.7 Å². The third-order valence-electron chi connectivity index (χ3n) is 6.27. The molecule has 2 heterocycles. The first kappa shape index (κ1) is 24.6. The van der Waals surface area contributed by atoms with E-state index in [9.17, 15) is 18.0 Å². The Bertz CT molecular complexity index is 1380. The van der Waals surface area contributed by atoms with Gasteiger partial charge in [0.2, 0.25) is 15.9 Å². The van der Waals surface area contributed by atoms with Crippen LogP contribution in [0.2, 0.25) is 0 Å². The van der Waals surface area contributed by atoms with Gasteiger partial charge in [0, 0.05) is 43.5 Å². The Hall–Kier alpha value is -3.50. The normalized spacial score (nSPS) is 14.6. The highest BCUT2D eigenvalue weighted by Crippen LogP contribution is 2.23. The molecule has 3 aromatic rings. The predicted molar refractivity (Wildman–Crippen MR) is 132 cm³/mol. The molecular weight excluding hydrogens is 466 g/mol. The largest absolute Gasteiger partial charge is 0.354 e. The summed E-state index contributed by atoms with van der Waals surface area (Å²) >= 11 is 0. The SMILES string of the molecule is Cc1ccccc1-n1nc(C)c(CN(C)C(=O)c2ccc(S(=O)(=O)N3CCNC(=O)C3)cc2)c1C. The lowest BCUT2D eigenvalue weighted by molar-refractivity contribution is -0.122. The van der Waals surface area contributed by atoms with Gasteiger partial charge in [0.15, 0.2) is 0 Å². The number of carbonyl (C=O) groups excluding carboxylic acids is 2. The highest BCUT2D eigenvalue weighted by molar-refractivity contribution is 7.89. The number of piperazine rings is 1. The van der Waals surface area contributed by atoms with Crippen LogP contribution in [-0.4, -0.2) is 65.9 Å². The summed E-state index contributed by atoms with van der Waals surface area (Å²) in [7, 11) is -2.10. The van der Waals surface area contributed by atoms with Crippen LogP contribution in [0.5, 0.6) is 0 Å². The Balaban J connectivity index is 1.51. The average Bonchev–Trinajstić information content (AvgIpc) is 3.12. The van der Waals surface area contributed by atoms with Crippen LogP contribution < -0.4 is 5.32 Å². The topological polar surface area (TPSA) is 105 Å². The molecule has 1 saturated heterocycles. The summed E-state index contributed by atoms with van der Waals surface area (Å²) in [6.45, 7) is 6.60. The first-order valence-electron chi connectivity index (χ1n) is 11.3. The third-order valence-corrected chi connectivity index (χ3v) is 8.13. The molecule has 184 valence electrons. The van der Waals surface area contributed by atoms with E-state index < -0.39 is 10.0 Å². The number of carbonyl (C=O) groups is 2. The number of sulfonamides is 1. The molecule has 0 bridgehead atoms. The summed E-state index contributed by atoms with van der Waals surface area (Å²) in [6, 6.07) is 13.8. The minimum absolute atomic E-state index is 0.0533. The molecule has 1 fully saturated rings. The fourth-order valence-electron chi connectivity index (χ4n) is 4.21. The Morgan fingerprint density at radius 1 is 1.09 bits per heavy atom. The van der Waals surface area contributed by atoms with Crippen LogP contribution in [-0.2, 0) is 21.4 Å². The molecule has 0 saturated carbocycles. The summed E-state index contributed by atoms with van der Waals surface area (Å²) in [5.74, 6) is -0.557. The van der Waals surface area contributed by atoms with Crippen molar-refractivity contribution < 1.29 is 18.0 Å². The highest BCUT2D eigenvalue weighted by Gasteiger charge is 2.29. The second-order valence-electron chi connectivity index (χ2n) is 8.72. The standard InChI is InChI=1S/C25H29N5O4S/c1-17-7-5-6-8-23(17)30-19(3)22(18(2)27-30)15-28(4)25(32)20-9-11-21(12-10-20)35(33,34)29-14-13-26-24(31)16-29/h5-12H,13-16H2,1-4H3,(H,26,31). The average molecular weight is 496 g/mol. The molecule has 0 unspecified atom stereocenters. The van der Waals surface area contributed by atoms with Crippen molar-refractivity contribution in [1.82, 2.24) is 24.3 Å². The summed E-state index contributed by atoms with van der Waals surface area (Å²) in [4.78, 5) is 26.3. The molecule has 2 aromatic carbocycles. The zero-order chi connectivity index (χ0) is 25.3. The van der Waals surface area contributed by atoms with Gasteiger partial charge in [0.25, 0.3) is 5.91 Å². The van der Waals surface area contributed by atoms with Gasteiger partial charge in [-0.25, -0.2) is 13.1 Å². The quantitative estimate of drug-likeness (QED) is 0.565. The van der Waals surface area contributed by atoms with Crippen LogP contribution in [0.25, 0.3) is 5.69 Å². The van der Waals surface area contributed by atoms with Crippen molar-refractivity contribution in [3.8, 4) is 5.69 Å². The van der Waals surface area contributed by atoms with Gasteiger partial charge in [-0.3, -0.25) is 9.59 Å². The van der Waals surface area contributed by atoms with Crippen molar-refractivity contribution in [2.24, 2.45) is 0 Å². The van der Waals surface area contributed by atoms with Gasteiger partial charge >= 0.3 is 0 Å². The Morgan fingerprint density at radius 2 is 1.77 bits per heavy atom. The molecule has 4 rings (SSSR count). The lowest BCUT2D eigenvalue weighted by Gasteiger charge is -2.26. The highest BCUT2D eigenvalue weighted by atomic mass is 32.2. The maximum Gasteiger partial charge on any atom is 0.253 e. The Kier molecular flexibility index (Phi) is 6.77. The third kappa shape index (κ3) is 4.85. The molecule has 1 aliphatic heterocycles. The minimum atomic E-state index is -3.81. The van der Waals surface area contributed by atoms with Gasteiger partial charge < -0.3 is 10.2 Å². The number of nitrogens with zero attached hydrogens (tertiary/aromatic N) is 4. The molecule has 0 aliphatic carbocycles. The second-order valence-corrected chi connectivity index (χ2v) is 10.7. The minimum Gasteiger partial charge on any atom is -0.354 e. The molecular formula is C25H29N5O4S. The van der Waals surface area contributed by atoms with Crippen LogP contribution in [0.3, 0.4) is 0 Å². The van der Waals surface area contributed by atoms with E-state index in [-0.39, 0.29) is 36.3 Å². The number of benzene rings is 2. The number of rotatable bonds is 6. The summed E-state index contributed by atoms with van der Waals surface area (Å²) in [6.07, 6.45) is 0. The monoisotopic (exact) mass is 495 g/mol. The van der Waals surface area contributed by atoms with Gasteiger partial charge in [-0.2, -0.15) is 9.40 Å². The van der Waals surface area contributed by atoms with Gasteiger partial charge in [-0.1, -0.05) is 18.2 Å². The number of para-hydroxylation sites is 1. The van der Waals surface area contributed by atoms with E-state index in [1.165, 1.54) is 24.3 Å². The maximum absolute atomic E-state index is 13.1. The zero-order valence-electron chi connectivity index (χ0n) is 20.3. The Labute approximate surface area is 205 Å². The lowest BCUT2D eigenvalue weighted by Crippen LogP contribution is -2.49. The van der Waals surface area contributed by atoms with Gasteiger partial charge in [-0.05, 0) is 56.7 Å². The molecule has 10 heteroatoms. The second kappa shape index (κ2) is 9.63. The molecule has 1 aromatic heterocycles. The smallest absolute Gasteiger partial charge is 0.253 e. The van der Waals surface area contributed by atoms with E-state index >= 15 is 0 Å². The number of aryl methyl sites for hydroxylation is 2. The van der Waals surface area contributed by atoms with Crippen molar-refractivity contribution in [2.45, 2.75) is 32.2 Å². The molecule has 2 amide bonds. The number of amides is 2. The molecule has 35 heavy (non-hydrogen) atoms. The van der Waals surface area contributed by atoms with Gasteiger partial charge in [-0.15, -0.1) is 0 Å². The van der Waals surface area contributed by atoms with Gasteiger partial charge in [0.05, 0.1) is 22.8 Å². The van der Waals surface area contributed by atoms with Crippen LogP contribution in [0.4, 0.5) is 0 Å². The van der Waals surface area contributed by atoms with Crippen LogP contribution >= 0.6 is 0 Å². The van der Waals surface area contributed by atoms with Crippen molar-refractivity contribution in [3.63, 3.8) is 0 Å². The van der Waals surface area contributed by atoms with Crippen molar-refractivity contribution in [1.29, 1.82) is 0 Å². The van der Waals surface area contributed by atoms with E-state index in [0.717, 1.165) is 32.5 Å². The summed E-state index contributed by atoms with van der Waals surface area (Å²) < 4.78 is 28.7. The number of hydrogen-bond donors (Lipinski definition) is 1. The van der Waals surface area contributed by atoms with E-state index in [4.69, 9.17) is 5.10 Å². The number of nitrogens with one attached hydrogen (secondary N) is 1. The van der Waals surface area contributed by atoms with E-state index in [1.54, 1.807) is 11.9 Å². The van der Waals surface area contributed by atoms with E-state index in [0.29, 0.717) is 12.1 Å². The summed E-state index contributed by atoms with van der Waals surface area (Å²) in [5.41, 5.74) is 5.25. The summed E-state index contributed by atoms with van der Waals surface area (Å²) in [5, 5.41) is 7.31. The van der Waals surface area contributed by atoms with Crippen LogP contribution in [0, 0.1) is 20.8 Å². The lowest BCUT2D eigenvalue weighted by atomic mass is 10.1. The fourth-order valence-corrected chi connectivity index (χ4v) is 5.60. The van der Waals surface area contributed by atoms with E-state index in [2.05, 4.69) is 5.32 Å². The molecule has 1 aliphatic rings. The number of aromatic nitrogens is 2. The molecule has 0 atom stereocenters. The van der Waals surface area contributed by atoms with Crippen molar-refractivity contribution >= 4 is 21.8 Å².